The Balaban J connectivity index is 2.32. The number of carbonyl (C=O) groups is 1. The Morgan fingerprint density at radius 3 is 1.84 bits per heavy atom. The van der Waals surface area contributed by atoms with E-state index in [4.69, 9.17) is 0 Å². The van der Waals surface area contributed by atoms with Crippen LogP contribution >= 0.6 is 0 Å². The summed E-state index contributed by atoms with van der Waals surface area (Å²) in [5.41, 5.74) is 1.84. The summed E-state index contributed by atoms with van der Waals surface area (Å²) in [5.74, 6) is 0.0544. The number of Topliss-reactive ketones (excluding diaryl/α,β-unsaturated/α-hetero) is 1. The van der Waals surface area contributed by atoms with E-state index in [9.17, 15) is 15.0 Å². The van der Waals surface area contributed by atoms with Crippen LogP contribution in [0.15, 0.2) is 60.7 Å². The van der Waals surface area contributed by atoms with Crippen molar-refractivity contribution in [3.63, 3.8) is 0 Å². The molecule has 0 saturated carbocycles. The number of benzene rings is 2. The molecular weight excluding hydrogens is 314 g/mol. The van der Waals surface area contributed by atoms with E-state index in [1.165, 1.54) is 0 Å². The number of nitrogens with zero attached hydrogens (tertiary/aromatic N) is 1. The smallest absolute Gasteiger partial charge is 0.158 e. The van der Waals surface area contributed by atoms with Crippen LogP contribution in [0.4, 0.5) is 0 Å². The number of carbonyl (C=O) groups excluding carboxylic acids is 1. The summed E-state index contributed by atoms with van der Waals surface area (Å²) in [6, 6.07) is 18.7. The lowest BCUT2D eigenvalue weighted by Gasteiger charge is -2.33. The van der Waals surface area contributed by atoms with E-state index in [0.717, 1.165) is 11.1 Å². The quantitative estimate of drug-likeness (QED) is 0.736. The van der Waals surface area contributed by atoms with Gasteiger partial charge < -0.3 is 10.2 Å². The van der Waals surface area contributed by atoms with Crippen molar-refractivity contribution in [1.82, 2.24) is 4.90 Å². The molecule has 0 radical (unpaired) electrons. The minimum absolute atomic E-state index is 0.0544. The lowest BCUT2D eigenvalue weighted by Crippen LogP contribution is -2.42. The van der Waals surface area contributed by atoms with Gasteiger partial charge in [0.2, 0.25) is 0 Å². The van der Waals surface area contributed by atoms with Crippen molar-refractivity contribution >= 4 is 5.78 Å². The third-order valence-electron chi connectivity index (χ3n) is 4.00. The van der Waals surface area contributed by atoms with Crippen LogP contribution in [0.1, 0.15) is 31.0 Å². The topological polar surface area (TPSA) is 60.8 Å². The largest absolute Gasteiger partial charge is 0.392 e. The molecule has 25 heavy (non-hydrogen) atoms. The van der Waals surface area contributed by atoms with E-state index >= 15 is 0 Å². The minimum atomic E-state index is -0.588. The highest BCUT2D eigenvalue weighted by molar-refractivity contribution is 5.87. The molecule has 4 nitrogen and oxygen atoms in total. The van der Waals surface area contributed by atoms with Crippen molar-refractivity contribution in [2.24, 2.45) is 0 Å². The summed E-state index contributed by atoms with van der Waals surface area (Å²) in [6.07, 6.45) is -0.861. The Morgan fingerprint density at radius 1 is 0.880 bits per heavy atom. The monoisotopic (exact) mass is 341 g/mol. The highest BCUT2D eigenvalue weighted by atomic mass is 16.3. The molecule has 0 aliphatic carbocycles. The standard InChI is InChI=1S/C21H27NO3/c1-16(23)14-22(15-17(2)24)21(19-11-7-4-8-12-19)20(25)13-18-9-5-3-6-10-18/h3-12,16-17,21,23-24H,13-15H2,1-2H3/t16-,17-,21-/m0/s1. The van der Waals surface area contributed by atoms with Crippen molar-refractivity contribution in [2.75, 3.05) is 13.1 Å². The summed E-state index contributed by atoms with van der Waals surface area (Å²) >= 11 is 0. The first-order valence-electron chi connectivity index (χ1n) is 8.69. The third kappa shape index (κ3) is 6.09. The average Bonchev–Trinajstić information content (AvgIpc) is 2.55. The molecule has 2 aromatic rings. The summed E-state index contributed by atoms with van der Waals surface area (Å²) in [6.45, 7) is 4.04. The van der Waals surface area contributed by atoms with Gasteiger partial charge in [-0.1, -0.05) is 60.7 Å². The van der Waals surface area contributed by atoms with Crippen LogP contribution in [0.25, 0.3) is 0 Å². The van der Waals surface area contributed by atoms with Crippen LogP contribution in [-0.2, 0) is 11.2 Å². The molecule has 2 N–H and O–H groups in total. The molecule has 0 bridgehead atoms. The maximum atomic E-state index is 13.1. The number of aliphatic hydroxyl groups excluding tert-OH is 2. The Bertz CT molecular complexity index is 631. The van der Waals surface area contributed by atoms with E-state index in [2.05, 4.69) is 0 Å². The minimum Gasteiger partial charge on any atom is -0.392 e. The highest BCUT2D eigenvalue weighted by Crippen LogP contribution is 2.24. The predicted molar refractivity (Wildman–Crippen MR) is 99.3 cm³/mol. The number of ketones is 1. The molecule has 2 aromatic carbocycles. The molecular formula is C21H27NO3. The number of rotatable bonds is 9. The van der Waals surface area contributed by atoms with Gasteiger partial charge in [-0.05, 0) is 25.0 Å². The fraction of sp³-hybridized carbons (Fsp3) is 0.381. The highest BCUT2D eigenvalue weighted by Gasteiger charge is 2.29. The normalized spacial score (nSPS) is 14.9. The molecule has 134 valence electrons. The summed E-state index contributed by atoms with van der Waals surface area (Å²) < 4.78 is 0. The van der Waals surface area contributed by atoms with Gasteiger partial charge in [-0.25, -0.2) is 0 Å². The van der Waals surface area contributed by atoms with Gasteiger partial charge in [0.05, 0.1) is 18.2 Å². The zero-order valence-corrected chi connectivity index (χ0v) is 14.9. The van der Waals surface area contributed by atoms with Crippen molar-refractivity contribution < 1.29 is 15.0 Å². The zero-order chi connectivity index (χ0) is 18.2. The fourth-order valence-corrected chi connectivity index (χ4v) is 3.09. The second-order valence-corrected chi connectivity index (χ2v) is 6.59. The van der Waals surface area contributed by atoms with Crippen LogP contribution in [-0.4, -0.2) is 46.2 Å². The average molecular weight is 341 g/mol. The molecule has 0 aromatic heterocycles. The van der Waals surface area contributed by atoms with Gasteiger partial charge in [0.1, 0.15) is 0 Å². The molecule has 0 spiro atoms. The molecule has 0 unspecified atom stereocenters. The SMILES string of the molecule is C[C@H](O)CN(C[C@H](C)O)[C@H](C(=O)Cc1ccccc1)c1ccccc1. The van der Waals surface area contributed by atoms with Gasteiger partial charge in [-0.2, -0.15) is 0 Å². The lowest BCUT2D eigenvalue weighted by molar-refractivity contribution is -0.125. The predicted octanol–water partition coefficient (Wildman–Crippen LogP) is 2.60. The maximum Gasteiger partial charge on any atom is 0.158 e. The molecule has 0 saturated heterocycles. The fourth-order valence-electron chi connectivity index (χ4n) is 3.09. The van der Waals surface area contributed by atoms with E-state index in [1.54, 1.807) is 13.8 Å². The first-order chi connectivity index (χ1) is 12.0. The third-order valence-corrected chi connectivity index (χ3v) is 4.00. The first-order valence-corrected chi connectivity index (χ1v) is 8.69. The molecule has 0 aliphatic heterocycles. The van der Waals surface area contributed by atoms with Gasteiger partial charge in [0.15, 0.2) is 5.78 Å². The Hall–Kier alpha value is -2.01. The molecule has 2 rings (SSSR count). The van der Waals surface area contributed by atoms with E-state index in [1.807, 2.05) is 65.6 Å². The molecule has 0 fully saturated rings. The Morgan fingerprint density at radius 2 is 1.36 bits per heavy atom. The van der Waals surface area contributed by atoms with Crippen LogP contribution in [0, 0.1) is 0 Å². The van der Waals surface area contributed by atoms with Gasteiger partial charge in [0, 0.05) is 19.5 Å². The number of hydrogen-bond donors (Lipinski definition) is 2. The second-order valence-electron chi connectivity index (χ2n) is 6.59. The van der Waals surface area contributed by atoms with Crippen LogP contribution < -0.4 is 0 Å². The van der Waals surface area contributed by atoms with E-state index < -0.39 is 18.2 Å². The van der Waals surface area contributed by atoms with Gasteiger partial charge in [0.25, 0.3) is 0 Å². The van der Waals surface area contributed by atoms with Crippen LogP contribution in [0.5, 0.6) is 0 Å². The Labute approximate surface area is 149 Å². The summed E-state index contributed by atoms with van der Waals surface area (Å²) in [5, 5.41) is 19.7. The van der Waals surface area contributed by atoms with Gasteiger partial charge in [-0.15, -0.1) is 0 Å². The van der Waals surface area contributed by atoms with Crippen molar-refractivity contribution in [3.8, 4) is 0 Å². The lowest BCUT2D eigenvalue weighted by atomic mass is 9.95. The van der Waals surface area contributed by atoms with E-state index in [0.29, 0.717) is 19.5 Å². The molecule has 0 aliphatic rings. The van der Waals surface area contributed by atoms with Crippen molar-refractivity contribution in [3.05, 3.63) is 71.8 Å². The molecule has 0 heterocycles. The molecule has 3 atom stereocenters. The molecule has 4 heteroatoms. The maximum absolute atomic E-state index is 13.1. The van der Waals surface area contributed by atoms with E-state index in [-0.39, 0.29) is 5.78 Å². The Kier molecular flexibility index (Phi) is 7.31. The van der Waals surface area contributed by atoms with Crippen molar-refractivity contribution in [2.45, 2.75) is 38.5 Å². The van der Waals surface area contributed by atoms with Crippen LogP contribution in [0.2, 0.25) is 0 Å². The number of aliphatic hydroxyl groups is 2. The van der Waals surface area contributed by atoms with Crippen LogP contribution in [0.3, 0.4) is 0 Å². The second kappa shape index (κ2) is 9.47. The number of hydrogen-bond acceptors (Lipinski definition) is 4. The summed E-state index contributed by atoms with van der Waals surface area (Å²) in [4.78, 5) is 15.0. The molecule has 0 amide bonds. The van der Waals surface area contributed by atoms with Gasteiger partial charge >= 0.3 is 0 Å². The zero-order valence-electron chi connectivity index (χ0n) is 14.9. The summed E-state index contributed by atoms with van der Waals surface area (Å²) in [7, 11) is 0. The van der Waals surface area contributed by atoms with Gasteiger partial charge in [-0.3, -0.25) is 9.69 Å². The van der Waals surface area contributed by atoms with Crippen molar-refractivity contribution in [1.29, 1.82) is 0 Å². The first kappa shape index (κ1) is 19.3.